The summed E-state index contributed by atoms with van der Waals surface area (Å²) < 4.78 is 1.62. The first-order valence-corrected chi connectivity index (χ1v) is 9.01. The summed E-state index contributed by atoms with van der Waals surface area (Å²) in [6, 6.07) is 10.7. The summed E-state index contributed by atoms with van der Waals surface area (Å²) in [5, 5.41) is 0. The van der Waals surface area contributed by atoms with E-state index in [-0.39, 0.29) is 11.1 Å². The molecule has 0 amide bonds. The zero-order valence-electron chi connectivity index (χ0n) is 15.4. The first-order valence-electron chi connectivity index (χ1n) is 9.01. The Bertz CT molecular complexity index is 1000. The van der Waals surface area contributed by atoms with Gasteiger partial charge in [0.15, 0.2) is 5.65 Å². The van der Waals surface area contributed by atoms with E-state index in [1.165, 1.54) is 24.0 Å². The Kier molecular flexibility index (Phi) is 3.60. The lowest BCUT2D eigenvalue weighted by Gasteiger charge is -2.19. The smallest absolute Gasteiger partial charge is 0.304 e. The van der Waals surface area contributed by atoms with Gasteiger partial charge in [-0.1, -0.05) is 45.0 Å². The number of nitrogens with one attached hydrogen (secondary N) is 1. The van der Waals surface area contributed by atoms with E-state index in [0.29, 0.717) is 5.92 Å². The zero-order chi connectivity index (χ0) is 17.8. The molecule has 0 aliphatic heterocycles. The molecule has 25 heavy (non-hydrogen) atoms. The number of fused-ring (bicyclic) bond motifs is 1. The molecule has 1 saturated carbocycles. The fraction of sp³-hybridized carbons (Fsp3) is 0.429. The second kappa shape index (κ2) is 5.58. The maximum atomic E-state index is 12.2. The molecule has 0 bridgehead atoms. The number of H-pyrrole nitrogens is 1. The van der Waals surface area contributed by atoms with Crippen LogP contribution in [0.3, 0.4) is 0 Å². The van der Waals surface area contributed by atoms with Crippen LogP contribution >= 0.6 is 0 Å². The zero-order valence-corrected chi connectivity index (χ0v) is 15.4. The third kappa shape index (κ3) is 3.01. The first kappa shape index (κ1) is 16.1. The molecule has 0 atom stereocenters. The summed E-state index contributed by atoms with van der Waals surface area (Å²) in [5.74, 6) is 0.662. The molecular formula is C21H25N3O. The second-order valence-corrected chi connectivity index (χ2v) is 8.45. The number of aromatic amines is 1. The number of benzene rings is 1. The Morgan fingerprint density at radius 3 is 2.64 bits per heavy atom. The van der Waals surface area contributed by atoms with Gasteiger partial charge in [-0.2, -0.15) is 0 Å². The number of pyridine rings is 1. The largest absolute Gasteiger partial charge is 0.327 e. The van der Waals surface area contributed by atoms with E-state index in [2.05, 4.69) is 56.1 Å². The van der Waals surface area contributed by atoms with Crippen LogP contribution in [0.2, 0.25) is 0 Å². The molecule has 4 heteroatoms. The summed E-state index contributed by atoms with van der Waals surface area (Å²) in [6.45, 7) is 6.66. The van der Waals surface area contributed by atoms with Crippen molar-refractivity contribution >= 4 is 11.2 Å². The van der Waals surface area contributed by atoms with Gasteiger partial charge in [0.2, 0.25) is 0 Å². The van der Waals surface area contributed by atoms with Gasteiger partial charge >= 0.3 is 5.69 Å². The average molecular weight is 335 g/mol. The topological polar surface area (TPSA) is 50.7 Å². The Balaban J connectivity index is 1.96. The van der Waals surface area contributed by atoms with Crippen molar-refractivity contribution in [1.82, 2.24) is 14.5 Å². The van der Waals surface area contributed by atoms with E-state index in [4.69, 9.17) is 4.98 Å². The lowest BCUT2D eigenvalue weighted by Crippen LogP contribution is -2.12. The Labute approximate surface area is 147 Å². The molecular weight excluding hydrogens is 310 g/mol. The van der Waals surface area contributed by atoms with Crippen LogP contribution < -0.4 is 5.69 Å². The molecule has 4 rings (SSSR count). The third-order valence-electron chi connectivity index (χ3n) is 4.91. The van der Waals surface area contributed by atoms with Crippen LogP contribution in [-0.2, 0) is 13.5 Å². The molecule has 1 aromatic carbocycles. The van der Waals surface area contributed by atoms with Gasteiger partial charge in [-0.3, -0.25) is 4.57 Å². The quantitative estimate of drug-likeness (QED) is 0.771. The van der Waals surface area contributed by atoms with Crippen molar-refractivity contribution in [2.24, 2.45) is 12.5 Å². The molecule has 0 radical (unpaired) electrons. The highest BCUT2D eigenvalue weighted by atomic mass is 16.1. The molecule has 3 aromatic rings. The van der Waals surface area contributed by atoms with E-state index in [9.17, 15) is 4.79 Å². The predicted molar refractivity (Wildman–Crippen MR) is 102 cm³/mol. The van der Waals surface area contributed by atoms with E-state index in [1.807, 2.05) is 0 Å². The average Bonchev–Trinajstić information content (AvgIpc) is 3.35. The second-order valence-electron chi connectivity index (χ2n) is 8.45. The van der Waals surface area contributed by atoms with E-state index in [0.717, 1.165) is 28.8 Å². The fourth-order valence-corrected chi connectivity index (χ4v) is 3.58. The van der Waals surface area contributed by atoms with Crippen molar-refractivity contribution in [2.75, 3.05) is 0 Å². The van der Waals surface area contributed by atoms with Gasteiger partial charge < -0.3 is 4.98 Å². The molecule has 1 fully saturated rings. The van der Waals surface area contributed by atoms with Crippen LogP contribution in [0.15, 0.2) is 35.1 Å². The van der Waals surface area contributed by atoms with Crippen molar-refractivity contribution in [3.05, 3.63) is 51.9 Å². The predicted octanol–water partition coefficient (Wildman–Crippen LogP) is 4.39. The van der Waals surface area contributed by atoms with Crippen LogP contribution in [-0.4, -0.2) is 14.5 Å². The number of imidazole rings is 1. The minimum absolute atomic E-state index is 0.106. The lowest BCUT2D eigenvalue weighted by molar-refractivity contribution is 0.412. The van der Waals surface area contributed by atoms with Crippen LogP contribution in [0.25, 0.3) is 22.4 Å². The highest BCUT2D eigenvalue weighted by Crippen LogP contribution is 2.44. The molecule has 1 aliphatic rings. The minimum Gasteiger partial charge on any atom is -0.304 e. The normalized spacial score (nSPS) is 15.0. The van der Waals surface area contributed by atoms with E-state index < -0.39 is 0 Å². The van der Waals surface area contributed by atoms with Gasteiger partial charge in [0, 0.05) is 12.6 Å². The van der Waals surface area contributed by atoms with Gasteiger partial charge in [-0.05, 0) is 47.8 Å². The van der Waals surface area contributed by atoms with Crippen molar-refractivity contribution < 1.29 is 0 Å². The molecule has 1 N–H and O–H groups in total. The Hall–Kier alpha value is -2.36. The number of aryl methyl sites for hydroxylation is 1. The monoisotopic (exact) mass is 335 g/mol. The minimum atomic E-state index is -0.106. The molecule has 0 spiro atoms. The SMILES string of the molecule is Cn1c(=O)[nH]c2c(CC(C)(C)C)cc(-c3ccccc3C3CC3)nc21. The highest BCUT2D eigenvalue weighted by Gasteiger charge is 2.27. The summed E-state index contributed by atoms with van der Waals surface area (Å²) in [6.07, 6.45) is 3.41. The molecule has 2 heterocycles. The standard InChI is InChI=1S/C21H25N3O/c1-21(2,3)12-14-11-17(22-19-18(14)23-20(25)24(19)4)16-8-6-5-7-15(16)13-9-10-13/h5-8,11,13H,9-10,12H2,1-4H3,(H,23,25). The highest BCUT2D eigenvalue weighted by molar-refractivity contribution is 5.80. The van der Waals surface area contributed by atoms with E-state index >= 15 is 0 Å². The molecule has 0 unspecified atom stereocenters. The molecule has 0 saturated heterocycles. The molecule has 1 aliphatic carbocycles. The summed E-state index contributed by atoms with van der Waals surface area (Å²) in [4.78, 5) is 20.0. The molecule has 4 nitrogen and oxygen atoms in total. The number of rotatable bonds is 3. The van der Waals surface area contributed by atoms with Gasteiger partial charge in [0.05, 0.1) is 11.2 Å². The van der Waals surface area contributed by atoms with Crippen molar-refractivity contribution in [2.45, 2.75) is 46.0 Å². The molecule has 130 valence electrons. The van der Waals surface area contributed by atoms with Gasteiger partial charge in [0.1, 0.15) is 0 Å². The van der Waals surface area contributed by atoms with Crippen LogP contribution in [0.1, 0.15) is 50.7 Å². The Morgan fingerprint density at radius 2 is 1.96 bits per heavy atom. The van der Waals surface area contributed by atoms with Gasteiger partial charge in [-0.15, -0.1) is 0 Å². The summed E-state index contributed by atoms with van der Waals surface area (Å²) >= 11 is 0. The van der Waals surface area contributed by atoms with Gasteiger partial charge in [0.25, 0.3) is 0 Å². The van der Waals surface area contributed by atoms with Crippen molar-refractivity contribution in [3.63, 3.8) is 0 Å². The Morgan fingerprint density at radius 1 is 1.24 bits per heavy atom. The lowest BCUT2D eigenvalue weighted by atomic mass is 9.87. The van der Waals surface area contributed by atoms with Crippen molar-refractivity contribution in [1.29, 1.82) is 0 Å². The first-order chi connectivity index (χ1) is 11.8. The number of hydrogen-bond donors (Lipinski definition) is 1. The third-order valence-corrected chi connectivity index (χ3v) is 4.91. The maximum Gasteiger partial charge on any atom is 0.327 e. The van der Waals surface area contributed by atoms with Gasteiger partial charge in [-0.25, -0.2) is 9.78 Å². The van der Waals surface area contributed by atoms with E-state index in [1.54, 1.807) is 11.6 Å². The molecule has 2 aromatic heterocycles. The number of hydrogen-bond acceptors (Lipinski definition) is 2. The summed E-state index contributed by atoms with van der Waals surface area (Å²) in [5.41, 5.74) is 6.37. The number of aromatic nitrogens is 3. The van der Waals surface area contributed by atoms with Crippen LogP contribution in [0.5, 0.6) is 0 Å². The number of nitrogens with zero attached hydrogens (tertiary/aromatic N) is 2. The fourth-order valence-electron chi connectivity index (χ4n) is 3.58. The maximum absolute atomic E-state index is 12.2. The summed E-state index contributed by atoms with van der Waals surface area (Å²) in [7, 11) is 1.78. The van der Waals surface area contributed by atoms with Crippen molar-refractivity contribution in [3.8, 4) is 11.3 Å². The van der Waals surface area contributed by atoms with Crippen LogP contribution in [0, 0.1) is 5.41 Å². The van der Waals surface area contributed by atoms with Crippen LogP contribution in [0.4, 0.5) is 0 Å².